The molecule has 2 heterocycles. The van der Waals surface area contributed by atoms with Gasteiger partial charge in [0.1, 0.15) is 6.33 Å². The second-order valence-corrected chi connectivity index (χ2v) is 4.39. The zero-order valence-electron chi connectivity index (χ0n) is 10.9. The minimum Gasteiger partial charge on any atom is -0.313 e. The normalized spacial score (nSPS) is 11.0. The maximum atomic E-state index is 4.44. The van der Waals surface area contributed by atoms with Crippen LogP contribution in [0.15, 0.2) is 49.1 Å². The molecule has 2 aromatic heterocycles. The predicted octanol–water partition coefficient (Wildman–Crippen LogP) is 2.53. The molecule has 3 rings (SSSR count). The number of rotatable bonds is 4. The Morgan fingerprint density at radius 3 is 3.00 bits per heavy atom. The van der Waals surface area contributed by atoms with E-state index in [-0.39, 0.29) is 0 Å². The Morgan fingerprint density at radius 2 is 2.11 bits per heavy atom. The van der Waals surface area contributed by atoms with Crippen LogP contribution in [0, 0.1) is 0 Å². The van der Waals surface area contributed by atoms with Gasteiger partial charge in [-0.05, 0) is 24.7 Å². The van der Waals surface area contributed by atoms with E-state index in [9.17, 15) is 0 Å². The highest BCUT2D eigenvalue weighted by Crippen LogP contribution is 2.20. The van der Waals surface area contributed by atoms with Gasteiger partial charge in [-0.1, -0.05) is 19.1 Å². The van der Waals surface area contributed by atoms with Crippen molar-refractivity contribution < 1.29 is 0 Å². The number of para-hydroxylation sites is 2. The molecular formula is C15H16N4. The highest BCUT2D eigenvalue weighted by atomic mass is 15.1. The van der Waals surface area contributed by atoms with Gasteiger partial charge >= 0.3 is 0 Å². The van der Waals surface area contributed by atoms with Gasteiger partial charge < -0.3 is 5.32 Å². The molecular weight excluding hydrogens is 236 g/mol. The van der Waals surface area contributed by atoms with Gasteiger partial charge in [-0.15, -0.1) is 0 Å². The maximum absolute atomic E-state index is 4.44. The predicted molar refractivity (Wildman–Crippen MR) is 76.2 cm³/mol. The summed E-state index contributed by atoms with van der Waals surface area (Å²) in [7, 11) is 0. The number of nitrogens with one attached hydrogen (secondary N) is 1. The molecule has 0 radical (unpaired) electrons. The number of nitrogens with zero attached hydrogens (tertiary/aromatic N) is 3. The molecule has 1 aromatic carbocycles. The molecule has 0 aliphatic rings. The summed E-state index contributed by atoms with van der Waals surface area (Å²) in [6.07, 6.45) is 5.60. The summed E-state index contributed by atoms with van der Waals surface area (Å²) in [5, 5.41) is 3.34. The van der Waals surface area contributed by atoms with E-state index >= 15 is 0 Å². The van der Waals surface area contributed by atoms with Crippen LogP contribution in [0.3, 0.4) is 0 Å². The van der Waals surface area contributed by atoms with Gasteiger partial charge in [0.2, 0.25) is 0 Å². The lowest BCUT2D eigenvalue weighted by Gasteiger charge is -2.10. The van der Waals surface area contributed by atoms with Gasteiger partial charge in [0.25, 0.3) is 0 Å². The first kappa shape index (κ1) is 11.9. The van der Waals surface area contributed by atoms with E-state index in [0.29, 0.717) is 0 Å². The molecule has 96 valence electrons. The summed E-state index contributed by atoms with van der Waals surface area (Å²) < 4.78 is 2.11. The summed E-state index contributed by atoms with van der Waals surface area (Å²) >= 11 is 0. The third-order valence-electron chi connectivity index (χ3n) is 3.16. The van der Waals surface area contributed by atoms with Crippen molar-refractivity contribution in [3.63, 3.8) is 0 Å². The Balaban J connectivity index is 2.11. The Bertz CT molecular complexity index is 687. The number of hydrogen-bond donors (Lipinski definition) is 1. The fourth-order valence-electron chi connectivity index (χ4n) is 2.20. The third kappa shape index (κ3) is 2.22. The zero-order chi connectivity index (χ0) is 13.1. The molecule has 4 heteroatoms. The Kier molecular flexibility index (Phi) is 3.25. The minimum absolute atomic E-state index is 0.812. The first-order chi connectivity index (χ1) is 9.40. The largest absolute Gasteiger partial charge is 0.313 e. The van der Waals surface area contributed by atoms with Gasteiger partial charge in [-0.3, -0.25) is 9.55 Å². The van der Waals surface area contributed by atoms with Crippen LogP contribution in [0.25, 0.3) is 16.7 Å². The van der Waals surface area contributed by atoms with Gasteiger partial charge in [-0.25, -0.2) is 4.98 Å². The fraction of sp³-hybridized carbons (Fsp3) is 0.200. The van der Waals surface area contributed by atoms with Crippen molar-refractivity contribution in [1.82, 2.24) is 19.9 Å². The molecule has 0 bridgehead atoms. The topological polar surface area (TPSA) is 42.7 Å². The van der Waals surface area contributed by atoms with Gasteiger partial charge in [0, 0.05) is 24.5 Å². The van der Waals surface area contributed by atoms with Crippen molar-refractivity contribution in [2.24, 2.45) is 0 Å². The summed E-state index contributed by atoms with van der Waals surface area (Å²) in [6, 6.07) is 10.2. The van der Waals surface area contributed by atoms with E-state index in [1.54, 1.807) is 0 Å². The molecule has 0 aliphatic heterocycles. The van der Waals surface area contributed by atoms with Crippen LogP contribution in [0.1, 0.15) is 12.5 Å². The monoisotopic (exact) mass is 252 g/mol. The minimum atomic E-state index is 0.812. The molecule has 0 spiro atoms. The summed E-state index contributed by atoms with van der Waals surface area (Å²) in [5.74, 6) is 0. The molecule has 19 heavy (non-hydrogen) atoms. The van der Waals surface area contributed by atoms with E-state index in [4.69, 9.17) is 0 Å². The standard InChI is InChI=1S/C15H16N4/c1-2-16-9-12-10-17-8-7-14(12)19-11-18-13-5-3-4-6-15(13)19/h3-8,10-11,16H,2,9H2,1H3. The van der Waals surface area contributed by atoms with E-state index in [0.717, 1.165) is 29.8 Å². The zero-order valence-corrected chi connectivity index (χ0v) is 10.9. The number of hydrogen-bond acceptors (Lipinski definition) is 3. The molecule has 4 nitrogen and oxygen atoms in total. The molecule has 0 fully saturated rings. The van der Waals surface area contributed by atoms with Crippen molar-refractivity contribution in [3.05, 3.63) is 54.6 Å². The Labute approximate surface area is 112 Å². The number of fused-ring (bicyclic) bond motifs is 1. The quantitative estimate of drug-likeness (QED) is 0.776. The van der Waals surface area contributed by atoms with E-state index in [2.05, 4.69) is 32.8 Å². The number of imidazole rings is 1. The molecule has 0 saturated carbocycles. The van der Waals surface area contributed by atoms with Crippen LogP contribution < -0.4 is 5.32 Å². The SMILES string of the molecule is CCNCc1cnccc1-n1cnc2ccccc21. The van der Waals surface area contributed by atoms with Crippen molar-refractivity contribution in [3.8, 4) is 5.69 Å². The average molecular weight is 252 g/mol. The van der Waals surface area contributed by atoms with Crippen molar-refractivity contribution in [1.29, 1.82) is 0 Å². The summed E-state index contributed by atoms with van der Waals surface area (Å²) in [4.78, 5) is 8.65. The molecule has 0 amide bonds. The third-order valence-corrected chi connectivity index (χ3v) is 3.16. The van der Waals surface area contributed by atoms with E-state index in [1.807, 2.05) is 43.0 Å². The van der Waals surface area contributed by atoms with Crippen molar-refractivity contribution in [2.75, 3.05) is 6.54 Å². The van der Waals surface area contributed by atoms with E-state index < -0.39 is 0 Å². The number of pyridine rings is 1. The average Bonchev–Trinajstić information content (AvgIpc) is 2.89. The lowest BCUT2D eigenvalue weighted by atomic mass is 10.2. The van der Waals surface area contributed by atoms with Crippen molar-refractivity contribution >= 4 is 11.0 Å². The molecule has 0 aliphatic carbocycles. The molecule has 0 atom stereocenters. The van der Waals surface area contributed by atoms with Crippen LogP contribution >= 0.6 is 0 Å². The lowest BCUT2D eigenvalue weighted by Crippen LogP contribution is -2.14. The molecule has 3 aromatic rings. The van der Waals surface area contributed by atoms with Crippen molar-refractivity contribution in [2.45, 2.75) is 13.5 Å². The molecule has 1 N–H and O–H groups in total. The second kappa shape index (κ2) is 5.20. The smallest absolute Gasteiger partial charge is 0.100 e. The maximum Gasteiger partial charge on any atom is 0.100 e. The lowest BCUT2D eigenvalue weighted by molar-refractivity contribution is 0.720. The molecule has 0 unspecified atom stereocenters. The Hall–Kier alpha value is -2.20. The number of benzene rings is 1. The summed E-state index contributed by atoms with van der Waals surface area (Å²) in [6.45, 7) is 3.86. The van der Waals surface area contributed by atoms with Gasteiger partial charge in [0.05, 0.1) is 16.7 Å². The van der Waals surface area contributed by atoms with Gasteiger partial charge in [-0.2, -0.15) is 0 Å². The molecule has 0 saturated heterocycles. The number of aromatic nitrogens is 3. The van der Waals surface area contributed by atoms with Crippen LogP contribution in [0.4, 0.5) is 0 Å². The van der Waals surface area contributed by atoms with Crippen LogP contribution in [-0.2, 0) is 6.54 Å². The second-order valence-electron chi connectivity index (χ2n) is 4.39. The van der Waals surface area contributed by atoms with Gasteiger partial charge in [0.15, 0.2) is 0 Å². The van der Waals surface area contributed by atoms with Crippen LogP contribution in [0.2, 0.25) is 0 Å². The van der Waals surface area contributed by atoms with Crippen LogP contribution in [-0.4, -0.2) is 21.1 Å². The highest BCUT2D eigenvalue weighted by molar-refractivity contribution is 5.77. The highest BCUT2D eigenvalue weighted by Gasteiger charge is 2.08. The van der Waals surface area contributed by atoms with Crippen LogP contribution in [0.5, 0.6) is 0 Å². The first-order valence-electron chi connectivity index (χ1n) is 6.46. The first-order valence-corrected chi connectivity index (χ1v) is 6.46. The Morgan fingerprint density at radius 1 is 1.21 bits per heavy atom. The van der Waals surface area contributed by atoms with E-state index in [1.165, 1.54) is 5.56 Å². The summed E-state index contributed by atoms with van der Waals surface area (Å²) in [5.41, 5.74) is 4.43. The fourth-order valence-corrected chi connectivity index (χ4v) is 2.20.